The molecule has 0 atom stereocenters. The number of ether oxygens (including phenoxy) is 1. The number of aryl methyl sites for hydroxylation is 1. The van der Waals surface area contributed by atoms with Gasteiger partial charge in [-0.2, -0.15) is 0 Å². The van der Waals surface area contributed by atoms with Crippen LogP contribution in [0.5, 0.6) is 5.75 Å². The molecule has 0 aliphatic carbocycles. The van der Waals surface area contributed by atoms with Gasteiger partial charge in [-0.25, -0.2) is 0 Å². The number of nitrogens with zero attached hydrogens (tertiary/aromatic N) is 1. The highest BCUT2D eigenvalue weighted by Gasteiger charge is 2.00. The Morgan fingerprint density at radius 3 is 2.65 bits per heavy atom. The van der Waals surface area contributed by atoms with Crippen molar-refractivity contribution in [1.82, 2.24) is 4.98 Å². The minimum atomic E-state index is 0.538. The first-order valence-electron chi connectivity index (χ1n) is 6.43. The summed E-state index contributed by atoms with van der Waals surface area (Å²) in [6.07, 6.45) is 3.68. The van der Waals surface area contributed by atoms with Crippen LogP contribution in [0, 0.1) is 6.92 Å². The van der Waals surface area contributed by atoms with Crippen molar-refractivity contribution in [2.24, 2.45) is 0 Å². The van der Waals surface area contributed by atoms with Gasteiger partial charge in [-0.1, -0.05) is 28.1 Å². The van der Waals surface area contributed by atoms with Crippen molar-refractivity contribution in [1.29, 1.82) is 0 Å². The van der Waals surface area contributed by atoms with Gasteiger partial charge in [0.2, 0.25) is 0 Å². The van der Waals surface area contributed by atoms with Crippen molar-refractivity contribution in [3.05, 3.63) is 70.5 Å². The van der Waals surface area contributed by atoms with Crippen LogP contribution in [0.1, 0.15) is 11.1 Å². The smallest absolute Gasteiger partial charge is 0.120 e. The molecule has 20 heavy (non-hydrogen) atoms. The molecule has 0 bridgehead atoms. The van der Waals surface area contributed by atoms with Gasteiger partial charge in [0.05, 0.1) is 0 Å². The van der Waals surface area contributed by atoms with Gasteiger partial charge in [0.25, 0.3) is 0 Å². The molecular weight excluding hydrogens is 314 g/mol. The standard InChI is InChI=1S/C17H14BrNO/c1-12-6-13(10-19-9-12)11-20-17-5-3-14-7-16(18)4-2-15(14)8-17/h2-10H,11H2,1H3. The van der Waals surface area contributed by atoms with Gasteiger partial charge in [-0.3, -0.25) is 4.98 Å². The molecule has 1 heterocycles. The molecule has 3 rings (SSSR count). The molecule has 3 aromatic rings. The number of fused-ring (bicyclic) bond motifs is 1. The van der Waals surface area contributed by atoms with Crippen molar-refractivity contribution in [3.63, 3.8) is 0 Å². The van der Waals surface area contributed by atoms with Gasteiger partial charge in [0.1, 0.15) is 12.4 Å². The monoisotopic (exact) mass is 327 g/mol. The van der Waals surface area contributed by atoms with E-state index < -0.39 is 0 Å². The molecule has 3 heteroatoms. The van der Waals surface area contributed by atoms with E-state index >= 15 is 0 Å². The Morgan fingerprint density at radius 1 is 1.00 bits per heavy atom. The van der Waals surface area contributed by atoms with E-state index in [9.17, 15) is 0 Å². The number of hydrogen-bond donors (Lipinski definition) is 0. The van der Waals surface area contributed by atoms with Gasteiger partial charge in [-0.05, 0) is 53.6 Å². The number of rotatable bonds is 3. The average molecular weight is 328 g/mol. The lowest BCUT2D eigenvalue weighted by molar-refractivity contribution is 0.306. The maximum atomic E-state index is 5.83. The molecule has 0 aliphatic rings. The summed E-state index contributed by atoms with van der Waals surface area (Å²) in [7, 11) is 0. The average Bonchev–Trinajstić information content (AvgIpc) is 2.45. The van der Waals surface area contributed by atoms with E-state index in [1.807, 2.05) is 31.5 Å². The van der Waals surface area contributed by atoms with E-state index in [0.29, 0.717) is 6.61 Å². The van der Waals surface area contributed by atoms with Crippen LogP contribution in [-0.2, 0) is 6.61 Å². The SMILES string of the molecule is Cc1cncc(COc2ccc3cc(Br)ccc3c2)c1. The van der Waals surface area contributed by atoms with Crippen molar-refractivity contribution in [3.8, 4) is 5.75 Å². The molecule has 1 aromatic heterocycles. The lowest BCUT2D eigenvalue weighted by atomic mass is 10.1. The van der Waals surface area contributed by atoms with Crippen molar-refractivity contribution in [2.45, 2.75) is 13.5 Å². The van der Waals surface area contributed by atoms with Crippen molar-refractivity contribution < 1.29 is 4.74 Å². The predicted molar refractivity (Wildman–Crippen MR) is 85.0 cm³/mol. The van der Waals surface area contributed by atoms with Crippen LogP contribution >= 0.6 is 15.9 Å². The fourth-order valence-corrected chi connectivity index (χ4v) is 2.53. The molecule has 0 N–H and O–H groups in total. The zero-order chi connectivity index (χ0) is 13.9. The fourth-order valence-electron chi connectivity index (χ4n) is 2.15. The van der Waals surface area contributed by atoms with E-state index in [2.05, 4.69) is 51.2 Å². The molecule has 0 aliphatic heterocycles. The topological polar surface area (TPSA) is 22.1 Å². The molecule has 2 aromatic carbocycles. The first kappa shape index (κ1) is 13.1. The summed E-state index contributed by atoms with van der Waals surface area (Å²) in [4.78, 5) is 4.17. The van der Waals surface area contributed by atoms with Gasteiger partial charge in [-0.15, -0.1) is 0 Å². The third-order valence-electron chi connectivity index (χ3n) is 3.11. The quantitative estimate of drug-likeness (QED) is 0.683. The summed E-state index contributed by atoms with van der Waals surface area (Å²) in [5.74, 6) is 0.876. The second-order valence-electron chi connectivity index (χ2n) is 4.81. The summed E-state index contributed by atoms with van der Waals surface area (Å²) < 4.78 is 6.92. The highest BCUT2D eigenvalue weighted by atomic mass is 79.9. The van der Waals surface area contributed by atoms with Crippen molar-refractivity contribution in [2.75, 3.05) is 0 Å². The van der Waals surface area contributed by atoms with Gasteiger partial charge in [0.15, 0.2) is 0 Å². The van der Waals surface area contributed by atoms with E-state index in [4.69, 9.17) is 4.74 Å². The molecule has 0 saturated carbocycles. The summed E-state index contributed by atoms with van der Waals surface area (Å²) >= 11 is 3.48. The second-order valence-corrected chi connectivity index (χ2v) is 5.73. The Labute approximate surface area is 126 Å². The van der Waals surface area contributed by atoms with Gasteiger partial charge >= 0.3 is 0 Å². The van der Waals surface area contributed by atoms with Gasteiger partial charge in [0, 0.05) is 22.4 Å². The Kier molecular flexibility index (Phi) is 3.70. The van der Waals surface area contributed by atoms with E-state index in [0.717, 1.165) is 21.3 Å². The molecular formula is C17H14BrNO. The van der Waals surface area contributed by atoms with Crippen molar-refractivity contribution >= 4 is 26.7 Å². The second kappa shape index (κ2) is 5.63. The summed E-state index contributed by atoms with van der Waals surface area (Å²) in [5.41, 5.74) is 2.23. The predicted octanol–water partition coefficient (Wildman–Crippen LogP) is 4.88. The van der Waals surface area contributed by atoms with Crippen LogP contribution in [0.15, 0.2) is 59.3 Å². The first-order chi connectivity index (χ1) is 9.70. The molecule has 0 fully saturated rings. The molecule has 0 saturated heterocycles. The molecule has 2 nitrogen and oxygen atoms in total. The van der Waals surface area contributed by atoms with Crippen LogP contribution in [0.3, 0.4) is 0 Å². The van der Waals surface area contributed by atoms with Crippen LogP contribution in [0.2, 0.25) is 0 Å². The number of benzene rings is 2. The molecule has 0 radical (unpaired) electrons. The normalized spacial score (nSPS) is 10.7. The fraction of sp³-hybridized carbons (Fsp3) is 0.118. The lowest BCUT2D eigenvalue weighted by Gasteiger charge is -2.08. The minimum absolute atomic E-state index is 0.538. The summed E-state index contributed by atoms with van der Waals surface area (Å²) in [5, 5.41) is 2.37. The highest BCUT2D eigenvalue weighted by molar-refractivity contribution is 9.10. The molecule has 0 amide bonds. The molecule has 0 spiro atoms. The Morgan fingerprint density at radius 2 is 1.80 bits per heavy atom. The summed E-state index contributed by atoms with van der Waals surface area (Å²) in [6.45, 7) is 2.57. The number of aromatic nitrogens is 1. The minimum Gasteiger partial charge on any atom is -0.489 e. The zero-order valence-corrected chi connectivity index (χ0v) is 12.7. The Balaban J connectivity index is 1.79. The largest absolute Gasteiger partial charge is 0.489 e. The zero-order valence-electron chi connectivity index (χ0n) is 11.1. The third-order valence-corrected chi connectivity index (χ3v) is 3.60. The number of pyridine rings is 1. The lowest BCUT2D eigenvalue weighted by Crippen LogP contribution is -1.96. The van der Waals surface area contributed by atoms with Gasteiger partial charge < -0.3 is 4.74 Å². The van der Waals surface area contributed by atoms with E-state index in [-0.39, 0.29) is 0 Å². The highest BCUT2D eigenvalue weighted by Crippen LogP contribution is 2.24. The van der Waals surface area contributed by atoms with E-state index in [1.54, 1.807) is 0 Å². The molecule has 100 valence electrons. The Bertz CT molecular complexity index is 755. The van der Waals surface area contributed by atoms with Crippen LogP contribution < -0.4 is 4.74 Å². The van der Waals surface area contributed by atoms with E-state index in [1.165, 1.54) is 10.8 Å². The number of hydrogen-bond acceptors (Lipinski definition) is 2. The maximum absolute atomic E-state index is 5.83. The summed E-state index contributed by atoms with van der Waals surface area (Å²) in [6, 6.07) is 14.4. The first-order valence-corrected chi connectivity index (χ1v) is 7.23. The maximum Gasteiger partial charge on any atom is 0.120 e. The van der Waals surface area contributed by atoms with Crippen LogP contribution in [-0.4, -0.2) is 4.98 Å². The van der Waals surface area contributed by atoms with Crippen LogP contribution in [0.25, 0.3) is 10.8 Å². The Hall–Kier alpha value is -1.87. The molecule has 0 unspecified atom stereocenters. The van der Waals surface area contributed by atoms with Crippen LogP contribution in [0.4, 0.5) is 0 Å². The number of halogens is 1. The third kappa shape index (κ3) is 2.99.